The molecule has 0 bridgehead atoms. The lowest BCUT2D eigenvalue weighted by molar-refractivity contribution is -0.119. The molecule has 1 atom stereocenters. The maximum absolute atomic E-state index is 12.8. The molecule has 0 radical (unpaired) electrons. The van der Waals surface area contributed by atoms with Crippen LogP contribution in [-0.2, 0) is 14.8 Å². The second-order valence-corrected chi connectivity index (χ2v) is 7.67. The van der Waals surface area contributed by atoms with Gasteiger partial charge in [0.2, 0.25) is 15.9 Å². The quantitative estimate of drug-likeness (QED) is 0.912. The van der Waals surface area contributed by atoms with Crippen LogP contribution in [0.25, 0.3) is 0 Å². The average molecular weight is 349 g/mol. The van der Waals surface area contributed by atoms with Gasteiger partial charge in [0.05, 0.1) is 4.90 Å². The summed E-state index contributed by atoms with van der Waals surface area (Å²) >= 11 is 0. The molecule has 1 aliphatic heterocycles. The van der Waals surface area contributed by atoms with Crippen LogP contribution in [0.3, 0.4) is 0 Å². The summed E-state index contributed by atoms with van der Waals surface area (Å²) in [6.45, 7) is 3.75. The SMILES string of the molecule is Cc1noc(C)c1NC(=O)C1CCCN1S(=O)(=O)c1ccccc1. The summed E-state index contributed by atoms with van der Waals surface area (Å²) in [6.07, 6.45) is 1.13. The topological polar surface area (TPSA) is 92.5 Å². The van der Waals surface area contributed by atoms with Gasteiger partial charge in [-0.05, 0) is 38.8 Å². The fraction of sp³-hybridized carbons (Fsp3) is 0.375. The van der Waals surface area contributed by atoms with Gasteiger partial charge in [-0.3, -0.25) is 4.79 Å². The van der Waals surface area contributed by atoms with E-state index < -0.39 is 16.1 Å². The highest BCUT2D eigenvalue weighted by atomic mass is 32.2. The lowest BCUT2D eigenvalue weighted by Crippen LogP contribution is -2.43. The third-order valence-electron chi connectivity index (χ3n) is 4.14. The van der Waals surface area contributed by atoms with E-state index in [4.69, 9.17) is 4.52 Å². The van der Waals surface area contributed by atoms with Crippen molar-refractivity contribution in [3.05, 3.63) is 41.8 Å². The van der Waals surface area contributed by atoms with Gasteiger partial charge in [-0.25, -0.2) is 8.42 Å². The zero-order valence-electron chi connectivity index (χ0n) is 13.5. The van der Waals surface area contributed by atoms with E-state index in [9.17, 15) is 13.2 Å². The Bertz CT molecular complexity index is 826. The molecule has 2 heterocycles. The Morgan fingerprint density at radius 1 is 1.29 bits per heavy atom. The molecule has 8 heteroatoms. The van der Waals surface area contributed by atoms with Gasteiger partial charge in [0.15, 0.2) is 5.76 Å². The first-order chi connectivity index (χ1) is 11.4. The number of aryl methyl sites for hydroxylation is 2. The number of hydrogen-bond donors (Lipinski definition) is 1. The van der Waals surface area contributed by atoms with Crippen molar-refractivity contribution in [3.63, 3.8) is 0 Å². The van der Waals surface area contributed by atoms with Gasteiger partial charge < -0.3 is 9.84 Å². The Morgan fingerprint density at radius 3 is 2.62 bits per heavy atom. The van der Waals surface area contributed by atoms with Crippen molar-refractivity contribution in [2.24, 2.45) is 0 Å². The summed E-state index contributed by atoms with van der Waals surface area (Å²) in [6, 6.07) is 7.44. The number of carbonyl (C=O) groups excluding carboxylic acids is 1. The van der Waals surface area contributed by atoms with E-state index in [2.05, 4.69) is 10.5 Å². The van der Waals surface area contributed by atoms with E-state index >= 15 is 0 Å². The molecule has 0 spiro atoms. The van der Waals surface area contributed by atoms with Crippen LogP contribution in [0, 0.1) is 13.8 Å². The van der Waals surface area contributed by atoms with Crippen LogP contribution in [0.4, 0.5) is 5.69 Å². The van der Waals surface area contributed by atoms with Gasteiger partial charge in [0, 0.05) is 6.54 Å². The predicted molar refractivity (Wildman–Crippen MR) is 88.0 cm³/mol. The molecule has 1 unspecified atom stereocenters. The summed E-state index contributed by atoms with van der Waals surface area (Å²) in [5.41, 5.74) is 1.07. The van der Waals surface area contributed by atoms with Crippen molar-refractivity contribution in [2.45, 2.75) is 37.6 Å². The smallest absolute Gasteiger partial charge is 0.243 e. The van der Waals surface area contributed by atoms with Crippen LogP contribution in [0.15, 0.2) is 39.8 Å². The van der Waals surface area contributed by atoms with Crippen LogP contribution in [0.1, 0.15) is 24.3 Å². The Morgan fingerprint density at radius 2 is 2.00 bits per heavy atom. The van der Waals surface area contributed by atoms with E-state index in [-0.39, 0.29) is 10.8 Å². The number of aromatic nitrogens is 1. The van der Waals surface area contributed by atoms with E-state index in [1.165, 1.54) is 16.4 Å². The number of amides is 1. The molecule has 1 aromatic heterocycles. The Labute approximate surface area is 140 Å². The number of hydrogen-bond acceptors (Lipinski definition) is 5. The van der Waals surface area contributed by atoms with E-state index in [0.29, 0.717) is 36.5 Å². The van der Waals surface area contributed by atoms with Gasteiger partial charge in [-0.2, -0.15) is 4.31 Å². The van der Waals surface area contributed by atoms with Crippen LogP contribution >= 0.6 is 0 Å². The maximum Gasteiger partial charge on any atom is 0.243 e. The number of sulfonamides is 1. The molecular formula is C16H19N3O4S. The fourth-order valence-corrected chi connectivity index (χ4v) is 4.56. The molecule has 7 nitrogen and oxygen atoms in total. The third-order valence-corrected chi connectivity index (χ3v) is 6.06. The molecule has 128 valence electrons. The molecule has 1 aromatic carbocycles. The summed E-state index contributed by atoms with van der Waals surface area (Å²) in [5, 5.41) is 6.54. The highest BCUT2D eigenvalue weighted by Crippen LogP contribution is 2.28. The Balaban J connectivity index is 1.84. The molecule has 0 saturated carbocycles. The van der Waals surface area contributed by atoms with Gasteiger partial charge in [-0.15, -0.1) is 0 Å². The monoisotopic (exact) mass is 349 g/mol. The van der Waals surface area contributed by atoms with Gasteiger partial charge >= 0.3 is 0 Å². The first-order valence-electron chi connectivity index (χ1n) is 7.72. The predicted octanol–water partition coefficient (Wildman–Crippen LogP) is 2.08. The molecule has 1 aliphatic rings. The molecule has 1 amide bonds. The molecular weight excluding hydrogens is 330 g/mol. The van der Waals surface area contributed by atoms with Crippen molar-refractivity contribution in [1.29, 1.82) is 0 Å². The van der Waals surface area contributed by atoms with E-state index in [1.807, 2.05) is 0 Å². The summed E-state index contributed by atoms with van der Waals surface area (Å²) in [7, 11) is -3.70. The number of nitrogens with one attached hydrogen (secondary N) is 1. The van der Waals surface area contributed by atoms with Gasteiger partial charge in [0.1, 0.15) is 17.4 Å². The van der Waals surface area contributed by atoms with Crippen molar-refractivity contribution in [2.75, 3.05) is 11.9 Å². The minimum absolute atomic E-state index is 0.196. The molecule has 2 aromatic rings. The van der Waals surface area contributed by atoms with Crippen molar-refractivity contribution in [3.8, 4) is 0 Å². The second kappa shape index (κ2) is 6.37. The summed E-state index contributed by atoms with van der Waals surface area (Å²) in [5.74, 6) is 0.137. The number of nitrogens with zero attached hydrogens (tertiary/aromatic N) is 2. The Hall–Kier alpha value is -2.19. The zero-order chi connectivity index (χ0) is 17.3. The molecule has 0 aliphatic carbocycles. The lowest BCUT2D eigenvalue weighted by atomic mass is 10.2. The van der Waals surface area contributed by atoms with Crippen LogP contribution in [0.2, 0.25) is 0 Å². The number of anilines is 1. The molecule has 3 rings (SSSR count). The molecule has 24 heavy (non-hydrogen) atoms. The van der Waals surface area contributed by atoms with E-state index in [0.717, 1.165) is 0 Å². The van der Waals surface area contributed by atoms with Crippen molar-refractivity contribution >= 4 is 21.6 Å². The minimum Gasteiger partial charge on any atom is -0.359 e. The standard InChI is InChI=1S/C16H19N3O4S/c1-11-15(12(2)23-18-11)17-16(20)14-9-6-10-19(14)24(21,22)13-7-4-3-5-8-13/h3-5,7-8,14H,6,9-10H2,1-2H3,(H,17,20). The first-order valence-corrected chi connectivity index (χ1v) is 9.16. The lowest BCUT2D eigenvalue weighted by Gasteiger charge is -2.23. The highest BCUT2D eigenvalue weighted by Gasteiger charge is 2.39. The van der Waals surface area contributed by atoms with Gasteiger partial charge in [-0.1, -0.05) is 23.4 Å². The van der Waals surface area contributed by atoms with Crippen LogP contribution in [-0.4, -0.2) is 36.4 Å². The normalized spacial score (nSPS) is 18.7. The van der Waals surface area contributed by atoms with Crippen LogP contribution < -0.4 is 5.32 Å². The zero-order valence-corrected chi connectivity index (χ0v) is 14.3. The third kappa shape index (κ3) is 2.94. The van der Waals surface area contributed by atoms with Crippen LogP contribution in [0.5, 0.6) is 0 Å². The van der Waals surface area contributed by atoms with Gasteiger partial charge in [0.25, 0.3) is 0 Å². The molecule has 1 N–H and O–H groups in total. The minimum atomic E-state index is -3.70. The summed E-state index contributed by atoms with van der Waals surface area (Å²) in [4.78, 5) is 12.8. The Kier molecular flexibility index (Phi) is 4.42. The summed E-state index contributed by atoms with van der Waals surface area (Å²) < 4.78 is 31.9. The van der Waals surface area contributed by atoms with Crippen molar-refractivity contribution in [1.82, 2.24) is 9.46 Å². The maximum atomic E-state index is 12.8. The number of carbonyl (C=O) groups is 1. The highest BCUT2D eigenvalue weighted by molar-refractivity contribution is 7.89. The second-order valence-electron chi connectivity index (χ2n) is 5.78. The number of benzene rings is 1. The first kappa shape index (κ1) is 16.7. The van der Waals surface area contributed by atoms with Crippen molar-refractivity contribution < 1.29 is 17.7 Å². The molecule has 1 saturated heterocycles. The fourth-order valence-electron chi connectivity index (χ4n) is 2.89. The molecule has 1 fully saturated rings. The average Bonchev–Trinajstić information content (AvgIpc) is 3.18. The largest absolute Gasteiger partial charge is 0.359 e. The van der Waals surface area contributed by atoms with E-state index in [1.54, 1.807) is 32.0 Å². The number of rotatable bonds is 4.